The number of nitrogens with two attached hydrogens (primary N) is 1. The SMILES string of the molecule is CC[S][Sn]([CH3])([S]CC)[c]1ccccc1CN. The number of benzene rings is 1. The fraction of sp³-hybridized carbons (Fsp3) is 0.500. The van der Waals surface area contributed by atoms with Crippen LogP contribution in [0.4, 0.5) is 0 Å². The van der Waals surface area contributed by atoms with Crippen molar-refractivity contribution in [2.45, 2.75) is 25.3 Å². The topological polar surface area (TPSA) is 26.0 Å². The monoisotopic (exact) mass is 363 g/mol. The van der Waals surface area contributed by atoms with E-state index in [1.807, 2.05) is 0 Å². The molecule has 0 atom stereocenters. The van der Waals surface area contributed by atoms with E-state index in [-0.39, 0.29) is 0 Å². The second-order valence-electron chi connectivity index (χ2n) is 3.67. The molecule has 0 saturated carbocycles. The van der Waals surface area contributed by atoms with E-state index in [0.29, 0.717) is 6.54 Å². The molecular weight excluding hydrogens is 341 g/mol. The van der Waals surface area contributed by atoms with Gasteiger partial charge < -0.3 is 0 Å². The second kappa shape index (κ2) is 7.19. The van der Waals surface area contributed by atoms with E-state index in [9.17, 15) is 0 Å². The van der Waals surface area contributed by atoms with Gasteiger partial charge in [0.2, 0.25) is 0 Å². The average Bonchev–Trinajstić information content (AvgIpc) is 2.29. The van der Waals surface area contributed by atoms with Crippen molar-refractivity contribution >= 4 is 37.1 Å². The third-order valence-corrected chi connectivity index (χ3v) is 30.5. The minimum atomic E-state index is -2.24. The standard InChI is InChI=1S/C7H8N.2C2H6S.CH3.Sn/c8-6-7-4-2-1-3-5-7;2*1-2-3;;/h1-4H,6,8H2;2*3H,2H2,1H3;1H3;/q;;;;+2/p-2. The summed E-state index contributed by atoms with van der Waals surface area (Å²) in [7, 11) is 4.41. The molecule has 0 spiro atoms. The predicted octanol–water partition coefficient (Wildman–Crippen LogP) is 2.93. The third kappa shape index (κ3) is 3.58. The van der Waals surface area contributed by atoms with E-state index in [4.69, 9.17) is 5.73 Å². The van der Waals surface area contributed by atoms with Gasteiger partial charge in [-0.3, -0.25) is 0 Å². The first-order valence-corrected chi connectivity index (χ1v) is 19.0. The molecule has 0 fully saturated rings. The molecule has 4 heteroatoms. The summed E-state index contributed by atoms with van der Waals surface area (Å²) >= 11 is -2.24. The van der Waals surface area contributed by atoms with Crippen LogP contribution in [0.2, 0.25) is 4.94 Å². The van der Waals surface area contributed by atoms with Gasteiger partial charge in [-0.2, -0.15) is 0 Å². The summed E-state index contributed by atoms with van der Waals surface area (Å²) in [5.41, 5.74) is 7.22. The van der Waals surface area contributed by atoms with Crippen molar-refractivity contribution in [1.82, 2.24) is 0 Å². The Bertz CT molecular complexity index is 325. The number of hydrogen-bond acceptors (Lipinski definition) is 3. The molecule has 0 aliphatic heterocycles. The third-order valence-electron chi connectivity index (χ3n) is 2.57. The maximum absolute atomic E-state index is 5.85. The molecule has 16 heavy (non-hydrogen) atoms. The molecule has 1 aromatic carbocycles. The summed E-state index contributed by atoms with van der Waals surface area (Å²) in [4.78, 5) is 2.52. The maximum atomic E-state index is 5.85. The summed E-state index contributed by atoms with van der Waals surface area (Å²) in [6.45, 7) is 5.21. The van der Waals surface area contributed by atoms with Crippen LogP contribution in [0.1, 0.15) is 19.4 Å². The zero-order valence-electron chi connectivity index (χ0n) is 10.3. The van der Waals surface area contributed by atoms with Crippen LogP contribution in [0.25, 0.3) is 0 Å². The van der Waals surface area contributed by atoms with E-state index in [0.717, 1.165) is 0 Å². The Morgan fingerprint density at radius 2 is 1.69 bits per heavy atom. The van der Waals surface area contributed by atoms with Crippen molar-refractivity contribution in [3.05, 3.63) is 29.8 Å². The normalized spacial score (nSPS) is 11.8. The zero-order valence-corrected chi connectivity index (χ0v) is 14.8. The van der Waals surface area contributed by atoms with Crippen molar-refractivity contribution < 1.29 is 0 Å². The first-order chi connectivity index (χ1) is 7.68. The molecule has 0 saturated heterocycles. The Labute approximate surface area is 109 Å². The molecule has 0 aliphatic rings. The first-order valence-electron chi connectivity index (χ1n) is 5.74. The molecular formula is C12H21NS2Sn. The zero-order chi connectivity index (χ0) is 12.0. The molecule has 0 bridgehead atoms. The van der Waals surface area contributed by atoms with Gasteiger partial charge in [0.25, 0.3) is 0 Å². The summed E-state index contributed by atoms with van der Waals surface area (Å²) < 4.78 is 1.60. The Hall–Kier alpha value is 0.679. The summed E-state index contributed by atoms with van der Waals surface area (Å²) in [5, 5.41) is 0. The molecule has 0 heterocycles. The Balaban J connectivity index is 3.09. The van der Waals surface area contributed by atoms with Crippen molar-refractivity contribution in [3.63, 3.8) is 0 Å². The van der Waals surface area contributed by atoms with Crippen LogP contribution in [0.15, 0.2) is 24.3 Å². The molecule has 1 nitrogen and oxygen atoms in total. The molecule has 2 N–H and O–H groups in total. The van der Waals surface area contributed by atoms with E-state index in [2.05, 4.69) is 60.9 Å². The quantitative estimate of drug-likeness (QED) is 0.789. The summed E-state index contributed by atoms with van der Waals surface area (Å²) in [6, 6.07) is 8.77. The van der Waals surface area contributed by atoms with Crippen molar-refractivity contribution in [2.75, 3.05) is 11.5 Å². The Kier molecular flexibility index (Phi) is 6.62. The van der Waals surface area contributed by atoms with Crippen LogP contribution in [0, 0.1) is 0 Å². The van der Waals surface area contributed by atoms with E-state index in [1.165, 1.54) is 17.1 Å². The molecule has 0 aromatic heterocycles. The van der Waals surface area contributed by atoms with Gasteiger partial charge in [-0.25, -0.2) is 0 Å². The second-order valence-corrected chi connectivity index (χ2v) is 30.0. The van der Waals surface area contributed by atoms with Crippen molar-refractivity contribution in [3.8, 4) is 0 Å². The van der Waals surface area contributed by atoms with Crippen molar-refractivity contribution in [2.24, 2.45) is 5.73 Å². The van der Waals surface area contributed by atoms with E-state index >= 15 is 0 Å². The van der Waals surface area contributed by atoms with Crippen LogP contribution in [-0.4, -0.2) is 27.1 Å². The van der Waals surface area contributed by atoms with Gasteiger partial charge in [0.15, 0.2) is 0 Å². The van der Waals surface area contributed by atoms with Gasteiger partial charge in [-0.05, 0) is 0 Å². The van der Waals surface area contributed by atoms with Crippen LogP contribution in [0.5, 0.6) is 0 Å². The molecule has 0 radical (unpaired) electrons. The number of hydrogen-bond donors (Lipinski definition) is 1. The molecule has 0 unspecified atom stereocenters. The first kappa shape index (κ1) is 14.7. The average molecular weight is 362 g/mol. The molecule has 0 aliphatic carbocycles. The summed E-state index contributed by atoms with van der Waals surface area (Å²) in [5.74, 6) is 2.44. The Morgan fingerprint density at radius 3 is 2.19 bits per heavy atom. The predicted molar refractivity (Wildman–Crippen MR) is 81.8 cm³/mol. The fourth-order valence-electron chi connectivity index (χ4n) is 1.89. The van der Waals surface area contributed by atoms with Crippen LogP contribution in [-0.2, 0) is 6.54 Å². The Morgan fingerprint density at radius 1 is 1.12 bits per heavy atom. The molecule has 1 rings (SSSR count). The van der Waals surface area contributed by atoms with Gasteiger partial charge in [0.05, 0.1) is 0 Å². The molecule has 0 amide bonds. The van der Waals surface area contributed by atoms with Gasteiger partial charge in [0, 0.05) is 0 Å². The van der Waals surface area contributed by atoms with Gasteiger partial charge in [-0.1, -0.05) is 0 Å². The van der Waals surface area contributed by atoms with Crippen molar-refractivity contribution in [1.29, 1.82) is 0 Å². The molecule has 90 valence electrons. The minimum absolute atomic E-state index is 0.678. The number of rotatable bonds is 6. The van der Waals surface area contributed by atoms with Crippen LogP contribution >= 0.6 is 17.9 Å². The molecule has 1 aromatic rings. The fourth-order valence-corrected chi connectivity index (χ4v) is 28.6. The summed E-state index contributed by atoms with van der Waals surface area (Å²) in [6.07, 6.45) is 0. The van der Waals surface area contributed by atoms with Gasteiger partial charge in [-0.15, -0.1) is 0 Å². The van der Waals surface area contributed by atoms with Gasteiger partial charge in [0.1, 0.15) is 0 Å². The van der Waals surface area contributed by atoms with E-state index in [1.54, 1.807) is 3.58 Å². The van der Waals surface area contributed by atoms with Crippen LogP contribution < -0.4 is 9.31 Å². The van der Waals surface area contributed by atoms with E-state index < -0.39 is 15.6 Å². The van der Waals surface area contributed by atoms with Gasteiger partial charge >= 0.3 is 109 Å². The van der Waals surface area contributed by atoms with Crippen LogP contribution in [0.3, 0.4) is 0 Å².